The molecular weight excluding hydrogens is 274 g/mol. The van der Waals surface area contributed by atoms with E-state index in [0.29, 0.717) is 13.0 Å². The van der Waals surface area contributed by atoms with E-state index in [0.717, 1.165) is 29.7 Å². The van der Waals surface area contributed by atoms with Gasteiger partial charge in [0.15, 0.2) is 0 Å². The van der Waals surface area contributed by atoms with Gasteiger partial charge in [-0.3, -0.25) is 4.79 Å². The third kappa shape index (κ3) is 6.33. The summed E-state index contributed by atoms with van der Waals surface area (Å²) in [6, 6.07) is 6.06. The minimum atomic E-state index is -0.186. The summed E-state index contributed by atoms with van der Waals surface area (Å²) in [4.78, 5) is 11.8. The van der Waals surface area contributed by atoms with E-state index >= 15 is 0 Å². The molecule has 1 aromatic rings. The van der Waals surface area contributed by atoms with Crippen molar-refractivity contribution >= 4 is 17.7 Å². The fraction of sp³-hybridized carbons (Fsp3) is 0.526. The average molecular weight is 303 g/mol. The Morgan fingerprint density at radius 3 is 2.59 bits per heavy atom. The highest BCUT2D eigenvalue weighted by molar-refractivity contribution is 5.79. The Morgan fingerprint density at radius 2 is 2.00 bits per heavy atom. The van der Waals surface area contributed by atoms with Crippen LogP contribution >= 0.6 is 0 Å². The van der Waals surface area contributed by atoms with Crippen LogP contribution in [0.1, 0.15) is 58.6 Å². The van der Waals surface area contributed by atoms with Crippen molar-refractivity contribution in [2.75, 3.05) is 11.9 Å². The maximum Gasteiger partial charge on any atom is 0.310 e. The van der Waals surface area contributed by atoms with Crippen molar-refractivity contribution in [3.8, 4) is 0 Å². The van der Waals surface area contributed by atoms with Gasteiger partial charge in [0.25, 0.3) is 0 Å². The number of ether oxygens (including phenoxy) is 1. The van der Waals surface area contributed by atoms with Crippen molar-refractivity contribution in [2.24, 2.45) is 0 Å². The van der Waals surface area contributed by atoms with E-state index in [1.165, 1.54) is 0 Å². The van der Waals surface area contributed by atoms with Crippen molar-refractivity contribution in [3.63, 3.8) is 0 Å². The van der Waals surface area contributed by atoms with Crippen LogP contribution in [0.25, 0.3) is 6.08 Å². The number of carbonyl (C=O) groups is 1. The van der Waals surface area contributed by atoms with Gasteiger partial charge in [0.05, 0.1) is 13.0 Å². The highest BCUT2D eigenvalue weighted by Crippen LogP contribution is 2.27. The third-order valence-corrected chi connectivity index (χ3v) is 3.08. The summed E-state index contributed by atoms with van der Waals surface area (Å²) in [6.45, 7) is 10.8. The maximum atomic E-state index is 11.8. The number of carbonyl (C=O) groups excluding carboxylic acids is 1. The Bertz CT molecular complexity index is 513. The minimum Gasteiger partial charge on any atom is -0.466 e. The standard InChI is InChI=1S/C19H29NO2/c1-6-8-9-11-15-12-10-13-16(14-17(21)22-7-2)18(15)20-19(3,4)5/h9-13,20H,6-8,14H2,1-5H3/b11-9-. The normalized spacial score (nSPS) is 11.7. The highest BCUT2D eigenvalue weighted by atomic mass is 16.5. The second-order valence-corrected chi connectivity index (χ2v) is 6.43. The Balaban J connectivity index is 3.13. The first kappa shape index (κ1) is 18.3. The molecule has 0 unspecified atom stereocenters. The van der Waals surface area contributed by atoms with Gasteiger partial charge in [-0.1, -0.05) is 43.7 Å². The van der Waals surface area contributed by atoms with E-state index in [1.807, 2.05) is 19.1 Å². The third-order valence-electron chi connectivity index (χ3n) is 3.08. The maximum absolute atomic E-state index is 11.8. The summed E-state index contributed by atoms with van der Waals surface area (Å²) >= 11 is 0. The molecule has 1 aromatic carbocycles. The van der Waals surface area contributed by atoms with Crippen LogP contribution in [0, 0.1) is 0 Å². The van der Waals surface area contributed by atoms with Crippen molar-refractivity contribution < 1.29 is 9.53 Å². The lowest BCUT2D eigenvalue weighted by Crippen LogP contribution is -2.27. The topological polar surface area (TPSA) is 38.3 Å². The van der Waals surface area contributed by atoms with Gasteiger partial charge in [0, 0.05) is 11.2 Å². The van der Waals surface area contributed by atoms with Gasteiger partial charge in [-0.25, -0.2) is 0 Å². The van der Waals surface area contributed by atoms with Gasteiger partial charge in [0.1, 0.15) is 0 Å². The predicted molar refractivity (Wildman–Crippen MR) is 94.1 cm³/mol. The number of unbranched alkanes of at least 4 members (excludes halogenated alkanes) is 1. The van der Waals surface area contributed by atoms with Gasteiger partial charge in [0.2, 0.25) is 0 Å². The molecule has 0 spiro atoms. The number of rotatable bonds is 7. The van der Waals surface area contributed by atoms with Gasteiger partial charge in [-0.2, -0.15) is 0 Å². The van der Waals surface area contributed by atoms with E-state index in [9.17, 15) is 4.79 Å². The Kier molecular flexibility index (Phi) is 7.16. The molecule has 0 aliphatic carbocycles. The second kappa shape index (κ2) is 8.62. The van der Waals surface area contributed by atoms with E-state index in [2.05, 4.69) is 51.2 Å². The summed E-state index contributed by atoms with van der Waals surface area (Å²) < 4.78 is 5.08. The molecule has 1 N–H and O–H groups in total. The molecule has 0 saturated carbocycles. The Labute approximate surface area is 134 Å². The molecule has 0 atom stereocenters. The SMILES string of the molecule is CCC/C=C\c1cccc(CC(=O)OCC)c1NC(C)(C)C. The number of benzene rings is 1. The van der Waals surface area contributed by atoms with Crippen LogP contribution < -0.4 is 5.32 Å². The molecule has 0 amide bonds. The second-order valence-electron chi connectivity index (χ2n) is 6.43. The predicted octanol–water partition coefficient (Wildman–Crippen LogP) is 4.82. The highest BCUT2D eigenvalue weighted by Gasteiger charge is 2.16. The lowest BCUT2D eigenvalue weighted by Gasteiger charge is -2.25. The monoisotopic (exact) mass is 303 g/mol. The first-order valence-electron chi connectivity index (χ1n) is 8.09. The number of allylic oxidation sites excluding steroid dienone is 1. The quantitative estimate of drug-likeness (QED) is 0.734. The van der Waals surface area contributed by atoms with Crippen molar-refractivity contribution in [2.45, 2.75) is 59.4 Å². The first-order chi connectivity index (χ1) is 10.4. The number of para-hydroxylation sites is 1. The van der Waals surface area contributed by atoms with Gasteiger partial charge in [-0.15, -0.1) is 0 Å². The van der Waals surface area contributed by atoms with E-state index in [1.54, 1.807) is 0 Å². The first-order valence-corrected chi connectivity index (χ1v) is 8.09. The van der Waals surface area contributed by atoms with Crippen LogP contribution in [0.15, 0.2) is 24.3 Å². The number of anilines is 1. The van der Waals surface area contributed by atoms with Crippen LogP contribution in [0.3, 0.4) is 0 Å². The van der Waals surface area contributed by atoms with E-state index in [4.69, 9.17) is 4.74 Å². The summed E-state index contributed by atoms with van der Waals surface area (Å²) in [6.07, 6.45) is 6.78. The number of esters is 1. The molecule has 122 valence electrons. The molecule has 0 heterocycles. The fourth-order valence-electron chi connectivity index (χ4n) is 2.18. The van der Waals surface area contributed by atoms with Crippen molar-refractivity contribution in [1.29, 1.82) is 0 Å². The zero-order chi connectivity index (χ0) is 16.6. The fourth-order valence-corrected chi connectivity index (χ4v) is 2.18. The molecule has 3 heteroatoms. The Morgan fingerprint density at radius 1 is 1.27 bits per heavy atom. The van der Waals surface area contributed by atoms with Crippen molar-refractivity contribution in [1.82, 2.24) is 0 Å². The van der Waals surface area contributed by atoms with E-state index < -0.39 is 0 Å². The molecule has 0 aromatic heterocycles. The zero-order valence-corrected chi connectivity index (χ0v) is 14.5. The summed E-state index contributed by atoms with van der Waals surface area (Å²) in [5.74, 6) is -0.186. The number of hydrogen-bond acceptors (Lipinski definition) is 3. The van der Waals surface area contributed by atoms with E-state index in [-0.39, 0.29) is 11.5 Å². The molecule has 0 radical (unpaired) electrons. The molecule has 0 saturated heterocycles. The zero-order valence-electron chi connectivity index (χ0n) is 14.5. The number of nitrogens with one attached hydrogen (secondary N) is 1. The van der Waals surface area contributed by atoms with Crippen LogP contribution in [0.2, 0.25) is 0 Å². The van der Waals surface area contributed by atoms with Gasteiger partial charge >= 0.3 is 5.97 Å². The molecule has 0 fully saturated rings. The molecule has 22 heavy (non-hydrogen) atoms. The lowest BCUT2D eigenvalue weighted by atomic mass is 10.00. The summed E-state index contributed by atoms with van der Waals surface area (Å²) in [7, 11) is 0. The smallest absolute Gasteiger partial charge is 0.310 e. The van der Waals surface area contributed by atoms with Crippen LogP contribution in [-0.2, 0) is 16.0 Å². The van der Waals surface area contributed by atoms with Gasteiger partial charge in [-0.05, 0) is 45.2 Å². The number of hydrogen-bond donors (Lipinski definition) is 1. The van der Waals surface area contributed by atoms with Crippen LogP contribution in [0.4, 0.5) is 5.69 Å². The largest absolute Gasteiger partial charge is 0.466 e. The van der Waals surface area contributed by atoms with Crippen LogP contribution in [0.5, 0.6) is 0 Å². The van der Waals surface area contributed by atoms with Crippen molar-refractivity contribution in [3.05, 3.63) is 35.4 Å². The summed E-state index contributed by atoms with van der Waals surface area (Å²) in [5.41, 5.74) is 3.05. The molecule has 0 bridgehead atoms. The minimum absolute atomic E-state index is 0.0713. The average Bonchev–Trinajstić information content (AvgIpc) is 2.41. The summed E-state index contributed by atoms with van der Waals surface area (Å²) in [5, 5.41) is 3.53. The lowest BCUT2D eigenvalue weighted by molar-refractivity contribution is -0.142. The Hall–Kier alpha value is -1.77. The molecule has 1 rings (SSSR count). The molecule has 0 aliphatic heterocycles. The molecule has 0 aliphatic rings. The van der Waals surface area contributed by atoms with Crippen LogP contribution in [-0.4, -0.2) is 18.1 Å². The molecule has 3 nitrogen and oxygen atoms in total. The molecular formula is C19H29NO2. The van der Waals surface area contributed by atoms with Gasteiger partial charge < -0.3 is 10.1 Å².